The predicted molar refractivity (Wildman–Crippen MR) is 121 cm³/mol. The Kier molecular flexibility index (Phi) is 7.21. The van der Waals surface area contributed by atoms with Crippen molar-refractivity contribution in [3.8, 4) is 5.75 Å². The van der Waals surface area contributed by atoms with Gasteiger partial charge in [0, 0.05) is 37.6 Å². The van der Waals surface area contributed by atoms with E-state index in [1.807, 2.05) is 49.9 Å². The Morgan fingerprint density at radius 1 is 1.03 bits per heavy atom. The molecule has 2 aromatic carbocycles. The minimum atomic E-state index is -0.252. The van der Waals surface area contributed by atoms with E-state index in [2.05, 4.69) is 16.3 Å². The van der Waals surface area contributed by atoms with Crippen LogP contribution < -0.4 is 15.0 Å². The SMILES string of the molecule is CCC(=O)N1CCN(c2ccc(Cl)cc2NC(=O)COc2cc(C)cc(C)c2)CC1. The highest BCUT2D eigenvalue weighted by Crippen LogP contribution is 2.30. The first kappa shape index (κ1) is 22.0. The summed E-state index contributed by atoms with van der Waals surface area (Å²) < 4.78 is 5.67. The third-order valence-electron chi connectivity index (χ3n) is 5.07. The van der Waals surface area contributed by atoms with Gasteiger partial charge in [-0.2, -0.15) is 0 Å². The first-order valence-electron chi connectivity index (χ1n) is 10.2. The average Bonchev–Trinajstić information content (AvgIpc) is 2.71. The number of hydrogen-bond acceptors (Lipinski definition) is 4. The van der Waals surface area contributed by atoms with E-state index in [4.69, 9.17) is 16.3 Å². The fourth-order valence-electron chi connectivity index (χ4n) is 3.66. The Morgan fingerprint density at radius 3 is 2.33 bits per heavy atom. The minimum Gasteiger partial charge on any atom is -0.484 e. The third kappa shape index (κ3) is 5.66. The van der Waals surface area contributed by atoms with Crippen molar-refractivity contribution in [3.63, 3.8) is 0 Å². The Bertz CT molecular complexity index is 904. The Morgan fingerprint density at radius 2 is 1.70 bits per heavy atom. The molecule has 0 radical (unpaired) electrons. The molecule has 0 bridgehead atoms. The van der Waals surface area contributed by atoms with Crippen LogP contribution in [0.15, 0.2) is 36.4 Å². The van der Waals surface area contributed by atoms with Crippen LogP contribution in [0.2, 0.25) is 5.02 Å². The van der Waals surface area contributed by atoms with Crippen molar-refractivity contribution in [1.29, 1.82) is 0 Å². The number of carbonyl (C=O) groups excluding carboxylic acids is 2. The fourth-order valence-corrected chi connectivity index (χ4v) is 3.83. The second-order valence-corrected chi connectivity index (χ2v) is 7.98. The highest BCUT2D eigenvalue weighted by atomic mass is 35.5. The van der Waals surface area contributed by atoms with Crippen molar-refractivity contribution in [2.45, 2.75) is 27.2 Å². The lowest BCUT2D eigenvalue weighted by molar-refractivity contribution is -0.131. The molecule has 2 amide bonds. The van der Waals surface area contributed by atoms with Crippen molar-refractivity contribution < 1.29 is 14.3 Å². The molecule has 1 saturated heterocycles. The van der Waals surface area contributed by atoms with Gasteiger partial charge in [-0.15, -0.1) is 0 Å². The molecule has 0 aliphatic carbocycles. The summed E-state index contributed by atoms with van der Waals surface area (Å²) in [6.07, 6.45) is 0.517. The van der Waals surface area contributed by atoms with Gasteiger partial charge >= 0.3 is 0 Å². The largest absolute Gasteiger partial charge is 0.484 e. The molecule has 30 heavy (non-hydrogen) atoms. The third-order valence-corrected chi connectivity index (χ3v) is 5.31. The number of amides is 2. The molecule has 1 aliphatic heterocycles. The maximum atomic E-state index is 12.5. The van der Waals surface area contributed by atoms with Gasteiger partial charge in [0.2, 0.25) is 5.91 Å². The van der Waals surface area contributed by atoms with Crippen LogP contribution in [-0.4, -0.2) is 49.5 Å². The Labute approximate surface area is 182 Å². The Hall–Kier alpha value is -2.73. The molecule has 1 heterocycles. The van der Waals surface area contributed by atoms with Crippen molar-refractivity contribution in [2.75, 3.05) is 43.0 Å². The summed E-state index contributed by atoms with van der Waals surface area (Å²) in [4.78, 5) is 28.5. The molecule has 1 fully saturated rings. The van der Waals surface area contributed by atoms with Crippen LogP contribution in [0, 0.1) is 13.8 Å². The normalized spacial score (nSPS) is 13.9. The van der Waals surface area contributed by atoms with E-state index in [1.165, 1.54) is 0 Å². The zero-order chi connectivity index (χ0) is 21.7. The van der Waals surface area contributed by atoms with E-state index < -0.39 is 0 Å². The number of piperazine rings is 1. The van der Waals surface area contributed by atoms with Crippen LogP contribution in [0.1, 0.15) is 24.5 Å². The highest BCUT2D eigenvalue weighted by Gasteiger charge is 2.22. The van der Waals surface area contributed by atoms with Gasteiger partial charge in [0.05, 0.1) is 11.4 Å². The summed E-state index contributed by atoms with van der Waals surface area (Å²) in [5.41, 5.74) is 3.71. The molecule has 1 aliphatic rings. The minimum absolute atomic E-state index is 0.0897. The van der Waals surface area contributed by atoms with Crippen LogP contribution in [0.4, 0.5) is 11.4 Å². The van der Waals surface area contributed by atoms with Gasteiger partial charge < -0.3 is 19.9 Å². The number of hydrogen-bond donors (Lipinski definition) is 1. The van der Waals surface area contributed by atoms with Crippen LogP contribution in [0.3, 0.4) is 0 Å². The quantitative estimate of drug-likeness (QED) is 0.753. The average molecular weight is 430 g/mol. The number of nitrogens with one attached hydrogen (secondary N) is 1. The summed E-state index contributed by atoms with van der Waals surface area (Å²) in [5, 5.41) is 3.47. The molecule has 0 saturated carbocycles. The van der Waals surface area contributed by atoms with E-state index in [1.54, 1.807) is 6.07 Å². The molecular formula is C23H28ClN3O3. The van der Waals surface area contributed by atoms with E-state index in [0.717, 1.165) is 16.8 Å². The maximum Gasteiger partial charge on any atom is 0.262 e. The van der Waals surface area contributed by atoms with Gasteiger partial charge in [-0.3, -0.25) is 9.59 Å². The number of aryl methyl sites for hydroxylation is 2. The van der Waals surface area contributed by atoms with Crippen molar-refractivity contribution >= 4 is 34.8 Å². The molecule has 2 aromatic rings. The van der Waals surface area contributed by atoms with Gasteiger partial charge in [-0.1, -0.05) is 24.6 Å². The highest BCUT2D eigenvalue weighted by molar-refractivity contribution is 6.31. The van der Waals surface area contributed by atoms with Gasteiger partial charge in [-0.25, -0.2) is 0 Å². The van der Waals surface area contributed by atoms with Crippen molar-refractivity contribution in [2.24, 2.45) is 0 Å². The van der Waals surface area contributed by atoms with E-state index in [0.29, 0.717) is 49.1 Å². The van der Waals surface area contributed by atoms with Gasteiger partial charge in [0.15, 0.2) is 6.61 Å². The molecule has 0 atom stereocenters. The number of rotatable bonds is 6. The van der Waals surface area contributed by atoms with Gasteiger partial charge in [0.25, 0.3) is 5.91 Å². The second-order valence-electron chi connectivity index (χ2n) is 7.54. The molecule has 3 rings (SSSR count). The number of benzene rings is 2. The summed E-state index contributed by atoms with van der Waals surface area (Å²) in [6, 6.07) is 11.3. The smallest absolute Gasteiger partial charge is 0.262 e. The lowest BCUT2D eigenvalue weighted by Crippen LogP contribution is -2.48. The zero-order valence-electron chi connectivity index (χ0n) is 17.7. The monoisotopic (exact) mass is 429 g/mol. The summed E-state index contributed by atoms with van der Waals surface area (Å²) in [7, 11) is 0. The van der Waals surface area contributed by atoms with Crippen LogP contribution in [-0.2, 0) is 9.59 Å². The van der Waals surface area contributed by atoms with Crippen LogP contribution >= 0.6 is 11.6 Å². The molecule has 6 nitrogen and oxygen atoms in total. The molecule has 7 heteroatoms. The van der Waals surface area contributed by atoms with Gasteiger partial charge in [-0.05, 0) is 55.3 Å². The molecule has 0 spiro atoms. The van der Waals surface area contributed by atoms with Gasteiger partial charge in [0.1, 0.15) is 5.75 Å². The predicted octanol–water partition coefficient (Wildman–Crippen LogP) is 4.03. The molecular weight excluding hydrogens is 402 g/mol. The molecule has 0 unspecified atom stereocenters. The first-order valence-corrected chi connectivity index (χ1v) is 10.6. The lowest BCUT2D eigenvalue weighted by atomic mass is 10.1. The van der Waals surface area contributed by atoms with Crippen molar-refractivity contribution in [1.82, 2.24) is 4.90 Å². The standard InChI is InChI=1S/C23H28ClN3O3/c1-4-23(29)27-9-7-26(8-10-27)21-6-5-18(24)14-20(21)25-22(28)15-30-19-12-16(2)11-17(3)13-19/h5-6,11-14H,4,7-10,15H2,1-3H3,(H,25,28). The lowest BCUT2D eigenvalue weighted by Gasteiger charge is -2.37. The number of nitrogens with zero attached hydrogens (tertiary/aromatic N) is 2. The zero-order valence-corrected chi connectivity index (χ0v) is 18.5. The maximum absolute atomic E-state index is 12.5. The molecule has 1 N–H and O–H groups in total. The van der Waals surface area contributed by atoms with E-state index in [-0.39, 0.29) is 18.4 Å². The van der Waals surface area contributed by atoms with Crippen molar-refractivity contribution in [3.05, 3.63) is 52.5 Å². The summed E-state index contributed by atoms with van der Waals surface area (Å²) in [5.74, 6) is 0.589. The Balaban J connectivity index is 1.65. The van der Waals surface area contributed by atoms with Crippen LogP contribution in [0.25, 0.3) is 0 Å². The van der Waals surface area contributed by atoms with Crippen LogP contribution in [0.5, 0.6) is 5.75 Å². The van der Waals surface area contributed by atoms with E-state index >= 15 is 0 Å². The number of anilines is 2. The second kappa shape index (κ2) is 9.85. The first-order chi connectivity index (χ1) is 14.4. The number of ether oxygens (including phenoxy) is 1. The van der Waals surface area contributed by atoms with E-state index in [9.17, 15) is 9.59 Å². The fraction of sp³-hybridized carbons (Fsp3) is 0.391. The molecule has 160 valence electrons. The number of carbonyl (C=O) groups is 2. The number of halogens is 1. The summed E-state index contributed by atoms with van der Waals surface area (Å²) in [6.45, 7) is 8.51. The summed E-state index contributed by atoms with van der Waals surface area (Å²) >= 11 is 6.18. The molecule has 0 aromatic heterocycles. The topological polar surface area (TPSA) is 61.9 Å².